The van der Waals surface area contributed by atoms with Crippen LogP contribution in [0.4, 0.5) is 4.39 Å². The van der Waals surface area contributed by atoms with E-state index in [9.17, 15) is 9.18 Å². The van der Waals surface area contributed by atoms with E-state index in [2.05, 4.69) is 0 Å². The van der Waals surface area contributed by atoms with E-state index in [4.69, 9.17) is 9.84 Å². The Kier molecular flexibility index (Phi) is 1.64. The molecular weight excluding hydrogens is 139 g/mol. The molecule has 0 aromatic carbocycles. The Morgan fingerprint density at radius 3 is 2.70 bits per heavy atom. The third-order valence-electron chi connectivity index (χ3n) is 1.83. The summed E-state index contributed by atoms with van der Waals surface area (Å²) in [5, 5.41) is 8.39. The van der Waals surface area contributed by atoms with Gasteiger partial charge < -0.3 is 9.84 Å². The lowest BCUT2D eigenvalue weighted by atomic mass is 10.00. The van der Waals surface area contributed by atoms with E-state index >= 15 is 0 Å². The van der Waals surface area contributed by atoms with E-state index < -0.39 is 17.7 Å². The van der Waals surface area contributed by atoms with E-state index in [0.717, 1.165) is 0 Å². The van der Waals surface area contributed by atoms with Crippen molar-refractivity contribution in [1.29, 1.82) is 0 Å². The van der Waals surface area contributed by atoms with E-state index in [1.54, 1.807) is 0 Å². The monoisotopic (exact) mass is 148 g/mol. The van der Waals surface area contributed by atoms with Gasteiger partial charge in [0.1, 0.15) is 0 Å². The Bertz CT molecular complexity index is 159. The molecule has 10 heavy (non-hydrogen) atoms. The topological polar surface area (TPSA) is 46.5 Å². The van der Waals surface area contributed by atoms with Crippen LogP contribution in [0.15, 0.2) is 0 Å². The number of halogens is 1. The Morgan fingerprint density at radius 1 is 1.90 bits per heavy atom. The van der Waals surface area contributed by atoms with Gasteiger partial charge in [0.25, 0.3) is 0 Å². The molecule has 0 aromatic rings. The lowest BCUT2D eigenvalue weighted by Crippen LogP contribution is -2.39. The van der Waals surface area contributed by atoms with Gasteiger partial charge in [-0.15, -0.1) is 0 Å². The molecular formula is C6H9FO3. The molecule has 0 aromatic heterocycles. The van der Waals surface area contributed by atoms with Crippen LogP contribution in [0, 0.1) is 0 Å². The molecule has 1 heterocycles. The average molecular weight is 148 g/mol. The first-order chi connectivity index (χ1) is 4.57. The molecule has 0 aliphatic carbocycles. The van der Waals surface area contributed by atoms with Gasteiger partial charge in [0, 0.05) is 6.42 Å². The van der Waals surface area contributed by atoms with Gasteiger partial charge in [0.15, 0.2) is 0 Å². The van der Waals surface area contributed by atoms with Gasteiger partial charge in [0.2, 0.25) is 5.67 Å². The molecule has 58 valence electrons. The standard InChI is InChI=1S/C6H9FO3/c1-4-6(7,5(8)9)2-3-10-4/h4H,2-3H2,1H3,(H,8,9). The first kappa shape index (κ1) is 7.47. The van der Waals surface area contributed by atoms with Gasteiger partial charge in [-0.05, 0) is 6.92 Å². The quantitative estimate of drug-likeness (QED) is 0.591. The van der Waals surface area contributed by atoms with Crippen LogP contribution in [0.25, 0.3) is 0 Å². The van der Waals surface area contributed by atoms with Crippen LogP contribution in [0.5, 0.6) is 0 Å². The predicted octanol–water partition coefficient (Wildman–Crippen LogP) is 0.588. The Morgan fingerprint density at radius 2 is 2.50 bits per heavy atom. The lowest BCUT2D eigenvalue weighted by Gasteiger charge is -2.16. The van der Waals surface area contributed by atoms with Gasteiger partial charge in [-0.2, -0.15) is 0 Å². The van der Waals surface area contributed by atoms with Crippen molar-refractivity contribution in [3.8, 4) is 0 Å². The fourth-order valence-electron chi connectivity index (χ4n) is 1.00. The minimum absolute atomic E-state index is 0.0382. The highest BCUT2D eigenvalue weighted by Crippen LogP contribution is 2.29. The van der Waals surface area contributed by atoms with Crippen molar-refractivity contribution in [3.63, 3.8) is 0 Å². The van der Waals surface area contributed by atoms with Crippen molar-refractivity contribution < 1.29 is 19.0 Å². The van der Waals surface area contributed by atoms with Crippen LogP contribution < -0.4 is 0 Å². The zero-order valence-electron chi connectivity index (χ0n) is 5.63. The third kappa shape index (κ3) is 0.883. The average Bonchev–Trinajstić information content (AvgIpc) is 2.15. The summed E-state index contributed by atoms with van der Waals surface area (Å²) in [6, 6.07) is 0. The Labute approximate surface area is 57.8 Å². The second-order valence-electron chi connectivity index (χ2n) is 2.43. The molecule has 2 unspecified atom stereocenters. The van der Waals surface area contributed by atoms with Crippen LogP contribution in [-0.4, -0.2) is 29.5 Å². The fourth-order valence-corrected chi connectivity index (χ4v) is 1.00. The zero-order chi connectivity index (χ0) is 7.78. The van der Waals surface area contributed by atoms with Gasteiger partial charge >= 0.3 is 5.97 Å². The molecule has 0 radical (unpaired) electrons. The summed E-state index contributed by atoms with van der Waals surface area (Å²) in [7, 11) is 0. The molecule has 0 saturated carbocycles. The molecule has 1 fully saturated rings. The number of alkyl halides is 1. The zero-order valence-corrected chi connectivity index (χ0v) is 5.63. The van der Waals surface area contributed by atoms with Crippen LogP contribution in [0.2, 0.25) is 0 Å². The first-order valence-corrected chi connectivity index (χ1v) is 3.11. The molecule has 1 N–H and O–H groups in total. The van der Waals surface area contributed by atoms with Crippen molar-refractivity contribution in [2.24, 2.45) is 0 Å². The number of hydrogen-bond donors (Lipinski definition) is 1. The maximum Gasteiger partial charge on any atom is 0.344 e. The van der Waals surface area contributed by atoms with Gasteiger partial charge in [-0.1, -0.05) is 0 Å². The Balaban J connectivity index is 2.75. The minimum Gasteiger partial charge on any atom is -0.479 e. The summed E-state index contributed by atoms with van der Waals surface area (Å²) >= 11 is 0. The van der Waals surface area contributed by atoms with E-state index in [0.29, 0.717) is 0 Å². The number of hydrogen-bond acceptors (Lipinski definition) is 2. The summed E-state index contributed by atoms with van der Waals surface area (Å²) in [5.41, 5.74) is -2.15. The number of ether oxygens (including phenoxy) is 1. The summed E-state index contributed by atoms with van der Waals surface area (Å²) < 4.78 is 17.9. The molecule has 1 aliphatic heterocycles. The molecule has 2 atom stereocenters. The van der Waals surface area contributed by atoms with Crippen LogP contribution in [0.1, 0.15) is 13.3 Å². The summed E-state index contributed by atoms with van der Waals surface area (Å²) in [5.74, 6) is -1.42. The highest BCUT2D eigenvalue weighted by Gasteiger charge is 2.49. The SMILES string of the molecule is CC1OCCC1(F)C(=O)O. The number of carboxylic acid groups (broad SMARTS) is 1. The van der Waals surface area contributed by atoms with Crippen LogP contribution in [0.3, 0.4) is 0 Å². The molecule has 3 nitrogen and oxygen atoms in total. The van der Waals surface area contributed by atoms with E-state index in [-0.39, 0.29) is 13.0 Å². The van der Waals surface area contributed by atoms with Gasteiger partial charge in [0.05, 0.1) is 12.7 Å². The summed E-state index contributed by atoms with van der Waals surface area (Å²) in [6.07, 6.45) is -0.853. The van der Waals surface area contributed by atoms with Crippen molar-refractivity contribution in [2.45, 2.75) is 25.1 Å². The van der Waals surface area contributed by atoms with Crippen molar-refractivity contribution in [2.75, 3.05) is 6.61 Å². The molecule has 1 saturated heterocycles. The van der Waals surface area contributed by atoms with Crippen LogP contribution in [-0.2, 0) is 9.53 Å². The second kappa shape index (κ2) is 2.20. The smallest absolute Gasteiger partial charge is 0.344 e. The fraction of sp³-hybridized carbons (Fsp3) is 0.833. The molecule has 0 amide bonds. The predicted molar refractivity (Wildman–Crippen MR) is 31.5 cm³/mol. The largest absolute Gasteiger partial charge is 0.479 e. The molecule has 0 spiro atoms. The van der Waals surface area contributed by atoms with E-state index in [1.165, 1.54) is 6.92 Å². The van der Waals surface area contributed by atoms with Gasteiger partial charge in [-0.3, -0.25) is 0 Å². The molecule has 1 rings (SSSR count). The van der Waals surface area contributed by atoms with E-state index in [1.807, 2.05) is 0 Å². The molecule has 4 heteroatoms. The lowest BCUT2D eigenvalue weighted by molar-refractivity contribution is -0.154. The number of carboxylic acids is 1. The maximum absolute atomic E-state index is 13.1. The minimum atomic E-state index is -2.15. The van der Waals surface area contributed by atoms with Gasteiger partial charge in [-0.25, -0.2) is 9.18 Å². The van der Waals surface area contributed by atoms with Crippen LogP contribution >= 0.6 is 0 Å². The number of carbonyl (C=O) groups is 1. The Hall–Kier alpha value is -0.640. The highest BCUT2D eigenvalue weighted by atomic mass is 19.1. The molecule has 1 aliphatic rings. The van der Waals surface area contributed by atoms with Crippen molar-refractivity contribution in [3.05, 3.63) is 0 Å². The number of aliphatic carboxylic acids is 1. The van der Waals surface area contributed by atoms with Crippen molar-refractivity contribution >= 4 is 5.97 Å². The summed E-state index contributed by atoms with van der Waals surface area (Å²) in [4.78, 5) is 10.3. The first-order valence-electron chi connectivity index (χ1n) is 3.11. The number of rotatable bonds is 1. The highest BCUT2D eigenvalue weighted by molar-refractivity contribution is 5.78. The third-order valence-corrected chi connectivity index (χ3v) is 1.83. The normalized spacial score (nSPS) is 40.0. The summed E-state index contributed by atoms with van der Waals surface area (Å²) in [6.45, 7) is 1.63. The molecule has 0 bridgehead atoms. The van der Waals surface area contributed by atoms with Crippen molar-refractivity contribution in [1.82, 2.24) is 0 Å². The second-order valence-corrected chi connectivity index (χ2v) is 2.43. The maximum atomic E-state index is 13.1.